The fraction of sp³-hybridized carbons (Fsp3) is 0.206. The van der Waals surface area contributed by atoms with Gasteiger partial charge in [0.15, 0.2) is 0 Å². The van der Waals surface area contributed by atoms with Crippen LogP contribution in [0, 0.1) is 17.2 Å². The van der Waals surface area contributed by atoms with Gasteiger partial charge in [-0.15, -0.1) is 0 Å². The number of nitrogens with one attached hydrogen (secondary N) is 2. The molecule has 0 atom stereocenters. The SMILES string of the molecule is N#Cc1ccc(/C=C/C2CCC(N(C(=O)NCc3ccccc3)c3ccc(-c4ccc[nH]c4=O)cc3)CC2)cc1. The number of benzene rings is 3. The van der Waals surface area contributed by atoms with Gasteiger partial charge in [-0.3, -0.25) is 9.69 Å². The van der Waals surface area contributed by atoms with Crippen molar-refractivity contribution >= 4 is 17.8 Å². The molecule has 0 bridgehead atoms. The van der Waals surface area contributed by atoms with Gasteiger partial charge in [0, 0.05) is 30.0 Å². The minimum absolute atomic E-state index is 0.0707. The molecule has 1 heterocycles. The number of aromatic amines is 1. The molecule has 1 aliphatic rings. The van der Waals surface area contributed by atoms with Gasteiger partial charge in [-0.05, 0) is 84.7 Å². The summed E-state index contributed by atoms with van der Waals surface area (Å²) in [5, 5.41) is 12.1. The van der Waals surface area contributed by atoms with Crippen LogP contribution in [-0.2, 0) is 6.54 Å². The number of pyridine rings is 1. The Bertz CT molecular complexity index is 1540. The highest BCUT2D eigenvalue weighted by Gasteiger charge is 2.29. The van der Waals surface area contributed by atoms with Crippen LogP contribution in [0.2, 0.25) is 0 Å². The van der Waals surface area contributed by atoms with Crippen molar-refractivity contribution in [3.05, 3.63) is 130 Å². The monoisotopic (exact) mass is 528 g/mol. The highest BCUT2D eigenvalue weighted by atomic mass is 16.2. The lowest BCUT2D eigenvalue weighted by molar-refractivity contribution is 0.239. The zero-order valence-electron chi connectivity index (χ0n) is 22.3. The van der Waals surface area contributed by atoms with Crippen molar-refractivity contribution < 1.29 is 4.79 Å². The molecule has 0 spiro atoms. The van der Waals surface area contributed by atoms with E-state index < -0.39 is 0 Å². The van der Waals surface area contributed by atoms with Crippen LogP contribution in [0.15, 0.2) is 108 Å². The first-order valence-electron chi connectivity index (χ1n) is 13.7. The molecular formula is C34H32N4O2. The second-order valence-electron chi connectivity index (χ2n) is 10.1. The Balaban J connectivity index is 1.31. The smallest absolute Gasteiger partial charge is 0.322 e. The van der Waals surface area contributed by atoms with Crippen LogP contribution in [0.3, 0.4) is 0 Å². The highest BCUT2D eigenvalue weighted by Crippen LogP contribution is 2.32. The first-order valence-corrected chi connectivity index (χ1v) is 13.7. The molecule has 1 aromatic heterocycles. The summed E-state index contributed by atoms with van der Waals surface area (Å²) in [5.74, 6) is 0.438. The molecule has 0 unspecified atom stereocenters. The predicted octanol–water partition coefficient (Wildman–Crippen LogP) is 6.90. The third-order valence-electron chi connectivity index (χ3n) is 7.49. The molecule has 6 nitrogen and oxygen atoms in total. The lowest BCUT2D eigenvalue weighted by atomic mass is 9.84. The van der Waals surface area contributed by atoms with E-state index in [9.17, 15) is 9.59 Å². The second-order valence-corrected chi connectivity index (χ2v) is 10.1. The van der Waals surface area contributed by atoms with Crippen LogP contribution < -0.4 is 15.8 Å². The minimum atomic E-state index is -0.139. The van der Waals surface area contributed by atoms with Crippen molar-refractivity contribution in [2.45, 2.75) is 38.3 Å². The zero-order chi connectivity index (χ0) is 27.7. The van der Waals surface area contributed by atoms with Gasteiger partial charge in [0.25, 0.3) is 5.56 Å². The molecule has 1 saturated carbocycles. The van der Waals surface area contributed by atoms with Crippen LogP contribution in [0.25, 0.3) is 17.2 Å². The van der Waals surface area contributed by atoms with Crippen LogP contribution in [-0.4, -0.2) is 17.1 Å². The summed E-state index contributed by atoms with van der Waals surface area (Å²) >= 11 is 0. The van der Waals surface area contributed by atoms with E-state index in [1.807, 2.05) is 89.8 Å². The molecule has 0 saturated heterocycles. The number of nitrogens with zero attached hydrogens (tertiary/aromatic N) is 2. The summed E-state index contributed by atoms with van der Waals surface area (Å²) in [5.41, 5.74) is 4.88. The van der Waals surface area contributed by atoms with E-state index in [4.69, 9.17) is 5.26 Å². The third kappa shape index (κ3) is 6.57. The zero-order valence-corrected chi connectivity index (χ0v) is 22.3. The van der Waals surface area contributed by atoms with Crippen LogP contribution >= 0.6 is 0 Å². The lowest BCUT2D eigenvalue weighted by Gasteiger charge is -2.36. The Morgan fingerprint density at radius 3 is 2.33 bits per heavy atom. The maximum Gasteiger partial charge on any atom is 0.322 e. The molecule has 2 amide bonds. The Hall–Kier alpha value is -4.89. The molecule has 1 aliphatic carbocycles. The Morgan fingerprint density at radius 2 is 1.65 bits per heavy atom. The number of H-pyrrole nitrogens is 1. The topological polar surface area (TPSA) is 89.0 Å². The predicted molar refractivity (Wildman–Crippen MR) is 160 cm³/mol. The van der Waals surface area contributed by atoms with Gasteiger partial charge in [-0.1, -0.05) is 66.7 Å². The number of rotatable bonds is 7. The Labute approximate surface area is 234 Å². The molecule has 200 valence electrons. The number of nitriles is 1. The molecule has 2 N–H and O–H groups in total. The molecule has 1 fully saturated rings. The van der Waals surface area contributed by atoms with E-state index in [1.165, 1.54) is 0 Å². The summed E-state index contributed by atoms with van der Waals surface area (Å²) in [4.78, 5) is 30.5. The van der Waals surface area contributed by atoms with Gasteiger partial charge in [-0.25, -0.2) is 4.79 Å². The molecule has 4 aromatic rings. The van der Waals surface area contributed by atoms with E-state index in [1.54, 1.807) is 12.3 Å². The fourth-order valence-electron chi connectivity index (χ4n) is 5.27. The first-order chi connectivity index (χ1) is 19.6. The van der Waals surface area contributed by atoms with Gasteiger partial charge >= 0.3 is 6.03 Å². The molecule has 0 radical (unpaired) electrons. The van der Waals surface area contributed by atoms with E-state index in [-0.39, 0.29) is 17.6 Å². The summed E-state index contributed by atoms with van der Waals surface area (Å²) in [6.45, 7) is 0.455. The Morgan fingerprint density at radius 1 is 0.925 bits per heavy atom. The summed E-state index contributed by atoms with van der Waals surface area (Å²) in [6.07, 6.45) is 9.75. The number of aromatic nitrogens is 1. The molecule has 40 heavy (non-hydrogen) atoms. The number of carbonyl (C=O) groups excluding carboxylic acids is 1. The molecular weight excluding hydrogens is 496 g/mol. The van der Waals surface area contributed by atoms with Crippen LogP contribution in [0.5, 0.6) is 0 Å². The van der Waals surface area contributed by atoms with E-state index in [0.717, 1.165) is 48.1 Å². The number of anilines is 1. The summed E-state index contributed by atoms with van der Waals surface area (Å²) in [6, 6.07) is 30.9. The van der Waals surface area contributed by atoms with Gasteiger partial charge in [0.2, 0.25) is 0 Å². The number of hydrogen-bond acceptors (Lipinski definition) is 3. The normalized spacial score (nSPS) is 16.8. The lowest BCUT2D eigenvalue weighted by Crippen LogP contribution is -2.47. The molecule has 5 rings (SSSR count). The second kappa shape index (κ2) is 12.8. The Kier molecular flexibility index (Phi) is 8.53. The maximum absolute atomic E-state index is 13.6. The number of allylic oxidation sites excluding steroid dienone is 1. The van der Waals surface area contributed by atoms with Crippen molar-refractivity contribution in [2.24, 2.45) is 5.92 Å². The number of urea groups is 1. The van der Waals surface area contributed by atoms with Crippen molar-refractivity contribution in [1.82, 2.24) is 10.3 Å². The first kappa shape index (κ1) is 26.7. The molecule has 0 aliphatic heterocycles. The average molecular weight is 529 g/mol. The van der Waals surface area contributed by atoms with Gasteiger partial charge in [0.05, 0.1) is 11.6 Å². The summed E-state index contributed by atoms with van der Waals surface area (Å²) < 4.78 is 0. The van der Waals surface area contributed by atoms with E-state index in [0.29, 0.717) is 23.6 Å². The number of hydrogen-bond donors (Lipinski definition) is 2. The number of carbonyl (C=O) groups is 1. The van der Waals surface area contributed by atoms with Crippen molar-refractivity contribution in [1.29, 1.82) is 5.26 Å². The summed E-state index contributed by atoms with van der Waals surface area (Å²) in [7, 11) is 0. The largest absolute Gasteiger partial charge is 0.334 e. The van der Waals surface area contributed by atoms with Crippen LogP contribution in [0.4, 0.5) is 10.5 Å². The highest BCUT2D eigenvalue weighted by molar-refractivity contribution is 5.93. The van der Waals surface area contributed by atoms with Gasteiger partial charge in [0.1, 0.15) is 0 Å². The fourth-order valence-corrected chi connectivity index (χ4v) is 5.27. The van der Waals surface area contributed by atoms with Crippen molar-refractivity contribution in [3.63, 3.8) is 0 Å². The standard InChI is InChI=1S/C34H32N4O2/c35-23-27-12-10-25(11-13-27)8-9-26-14-18-30(19-15-26)38(34(40)37-24-28-5-2-1-3-6-28)31-20-16-29(17-21-31)32-7-4-22-36-33(32)39/h1-13,16-17,20-22,26,30H,14-15,18-19,24H2,(H,36,39)(H,37,40)/b9-8+. The molecule has 6 heteroatoms. The van der Waals surface area contributed by atoms with Gasteiger partial charge in [-0.2, -0.15) is 5.26 Å². The van der Waals surface area contributed by atoms with Crippen LogP contribution in [0.1, 0.15) is 42.4 Å². The van der Waals surface area contributed by atoms with E-state index in [2.05, 4.69) is 28.5 Å². The van der Waals surface area contributed by atoms with Crippen molar-refractivity contribution in [3.8, 4) is 17.2 Å². The minimum Gasteiger partial charge on any atom is -0.334 e. The number of amides is 2. The van der Waals surface area contributed by atoms with Gasteiger partial charge < -0.3 is 10.3 Å². The average Bonchev–Trinajstić information content (AvgIpc) is 3.01. The maximum atomic E-state index is 13.6. The molecule has 3 aromatic carbocycles. The van der Waals surface area contributed by atoms with Crippen molar-refractivity contribution in [2.75, 3.05) is 4.90 Å². The third-order valence-corrected chi connectivity index (χ3v) is 7.49. The quantitative estimate of drug-likeness (QED) is 0.273. The van der Waals surface area contributed by atoms with E-state index >= 15 is 0 Å².